The molecule has 0 spiro atoms. The third-order valence-corrected chi connectivity index (χ3v) is 6.23. The molecule has 0 saturated heterocycles. The van der Waals surface area contributed by atoms with E-state index < -0.39 is 5.97 Å². The topological polar surface area (TPSA) is 75.0 Å². The first-order valence-corrected chi connectivity index (χ1v) is 11.7. The molecule has 0 atom stereocenters. The fourth-order valence-corrected chi connectivity index (χ4v) is 4.27. The number of methoxy groups -OCH3 is 2. The molecule has 36 heavy (non-hydrogen) atoms. The number of hydrogen-bond donors (Lipinski definition) is 0. The van der Waals surface area contributed by atoms with E-state index in [2.05, 4.69) is 20.8 Å². The van der Waals surface area contributed by atoms with E-state index >= 15 is 0 Å². The first-order valence-electron chi connectivity index (χ1n) is 11.7. The summed E-state index contributed by atoms with van der Waals surface area (Å²) in [6, 6.07) is 15.9. The minimum Gasteiger partial charge on any atom is -0.493 e. The van der Waals surface area contributed by atoms with Crippen LogP contribution in [0, 0.1) is 13.8 Å². The summed E-state index contributed by atoms with van der Waals surface area (Å²) in [5.74, 6) is 1.78. The van der Waals surface area contributed by atoms with Crippen molar-refractivity contribution in [3.05, 3.63) is 87.5 Å². The number of aryl methyl sites for hydroxylation is 2. The van der Waals surface area contributed by atoms with Crippen LogP contribution in [0.1, 0.15) is 48.2 Å². The number of rotatable bonds is 5. The van der Waals surface area contributed by atoms with Crippen molar-refractivity contribution in [1.29, 1.82) is 0 Å². The van der Waals surface area contributed by atoms with E-state index in [4.69, 9.17) is 18.6 Å². The van der Waals surface area contributed by atoms with Gasteiger partial charge in [-0.2, -0.15) is 0 Å². The zero-order valence-corrected chi connectivity index (χ0v) is 21.6. The molecule has 0 aliphatic heterocycles. The molecule has 4 rings (SSSR count). The van der Waals surface area contributed by atoms with Crippen molar-refractivity contribution in [2.24, 2.45) is 0 Å². The van der Waals surface area contributed by atoms with Crippen LogP contribution in [0.25, 0.3) is 21.9 Å². The van der Waals surface area contributed by atoms with E-state index in [1.807, 2.05) is 18.2 Å². The molecule has 1 aromatic heterocycles. The molecular weight excluding hydrogens is 456 g/mol. The highest BCUT2D eigenvalue weighted by atomic mass is 16.5. The maximum Gasteiger partial charge on any atom is 0.343 e. The molecule has 0 aliphatic rings. The Morgan fingerprint density at radius 1 is 0.750 bits per heavy atom. The number of benzene rings is 2. The fourth-order valence-electron chi connectivity index (χ4n) is 4.27. The van der Waals surface area contributed by atoms with Crippen LogP contribution in [0.3, 0.4) is 0 Å². The second-order valence-electron chi connectivity index (χ2n) is 9.72. The van der Waals surface area contributed by atoms with Crippen molar-refractivity contribution in [1.82, 2.24) is 0 Å². The van der Waals surface area contributed by atoms with Crippen molar-refractivity contribution in [3.63, 3.8) is 0 Å². The number of furan rings is 1. The fraction of sp³-hybridized carbons (Fsp3) is 0.267. The standard InChI is InChI=1S/C30H30O6/c1-17-27-23(31)14-21(20-10-13-24(33-6)25(15-20)34-7)16-26(28(27)18(2)35-17)36-29(32)19-8-11-22(12-9-19)30(3,4)5/h8-16H,1-7H3. The van der Waals surface area contributed by atoms with Gasteiger partial charge in [-0.05, 0) is 72.4 Å². The summed E-state index contributed by atoms with van der Waals surface area (Å²) in [6.07, 6.45) is 0. The van der Waals surface area contributed by atoms with Gasteiger partial charge in [0.25, 0.3) is 0 Å². The molecule has 0 aliphatic carbocycles. The highest BCUT2D eigenvalue weighted by Gasteiger charge is 2.20. The van der Waals surface area contributed by atoms with Gasteiger partial charge in [0.05, 0.1) is 30.6 Å². The lowest BCUT2D eigenvalue weighted by atomic mass is 9.87. The van der Waals surface area contributed by atoms with Crippen LogP contribution in [-0.2, 0) is 5.41 Å². The summed E-state index contributed by atoms with van der Waals surface area (Å²) in [7, 11) is 3.11. The van der Waals surface area contributed by atoms with Gasteiger partial charge in [-0.3, -0.25) is 4.79 Å². The monoisotopic (exact) mass is 486 g/mol. The largest absolute Gasteiger partial charge is 0.493 e. The van der Waals surface area contributed by atoms with Crippen molar-refractivity contribution in [2.45, 2.75) is 40.0 Å². The normalized spacial score (nSPS) is 11.4. The van der Waals surface area contributed by atoms with E-state index in [1.54, 1.807) is 58.4 Å². The van der Waals surface area contributed by atoms with Gasteiger partial charge >= 0.3 is 5.97 Å². The molecule has 0 amide bonds. The third kappa shape index (κ3) is 4.71. The van der Waals surface area contributed by atoms with Crippen molar-refractivity contribution in [2.75, 3.05) is 14.2 Å². The van der Waals surface area contributed by atoms with Gasteiger partial charge in [-0.1, -0.05) is 39.0 Å². The molecule has 0 radical (unpaired) electrons. The number of hydrogen-bond acceptors (Lipinski definition) is 6. The van der Waals surface area contributed by atoms with Crippen molar-refractivity contribution in [3.8, 4) is 28.4 Å². The zero-order valence-electron chi connectivity index (χ0n) is 21.6. The van der Waals surface area contributed by atoms with E-state index in [0.717, 1.165) is 5.56 Å². The molecule has 0 N–H and O–H groups in total. The Kier molecular flexibility index (Phi) is 6.63. The third-order valence-electron chi connectivity index (χ3n) is 6.23. The predicted molar refractivity (Wildman–Crippen MR) is 141 cm³/mol. The predicted octanol–water partition coefficient (Wildman–Crippen LogP) is 6.61. The molecule has 6 heteroatoms. The SMILES string of the molecule is COc1ccc(-c2cc(OC(=O)c3ccc(C(C)(C)C)cc3)c3c(C)oc(C)c3c(=O)c2)cc1OC. The molecule has 0 unspecified atom stereocenters. The Hall–Kier alpha value is -4.06. The minimum atomic E-state index is -0.521. The lowest BCUT2D eigenvalue weighted by molar-refractivity contribution is 0.0737. The van der Waals surface area contributed by atoms with Crippen LogP contribution in [0.5, 0.6) is 17.2 Å². The Balaban J connectivity index is 1.87. The smallest absolute Gasteiger partial charge is 0.343 e. The van der Waals surface area contributed by atoms with E-state index in [9.17, 15) is 9.59 Å². The summed E-state index contributed by atoms with van der Waals surface area (Å²) in [5.41, 5.74) is 2.53. The van der Waals surface area contributed by atoms with Crippen LogP contribution >= 0.6 is 0 Å². The van der Waals surface area contributed by atoms with Crippen molar-refractivity contribution < 1.29 is 23.4 Å². The van der Waals surface area contributed by atoms with Crippen LogP contribution in [-0.4, -0.2) is 20.2 Å². The van der Waals surface area contributed by atoms with Gasteiger partial charge in [0, 0.05) is 0 Å². The quantitative estimate of drug-likeness (QED) is 0.296. The van der Waals surface area contributed by atoms with Crippen LogP contribution in [0.15, 0.2) is 63.8 Å². The summed E-state index contributed by atoms with van der Waals surface area (Å²) >= 11 is 0. The number of carbonyl (C=O) groups excluding carboxylic acids is 1. The van der Waals surface area contributed by atoms with E-state index in [-0.39, 0.29) is 16.6 Å². The van der Waals surface area contributed by atoms with Gasteiger partial charge in [0.2, 0.25) is 0 Å². The first-order chi connectivity index (χ1) is 17.0. The molecule has 0 bridgehead atoms. The minimum absolute atomic E-state index is 0.0357. The second-order valence-corrected chi connectivity index (χ2v) is 9.72. The van der Waals surface area contributed by atoms with Gasteiger partial charge < -0.3 is 18.6 Å². The molecule has 0 saturated carbocycles. The average Bonchev–Trinajstić information content (AvgIpc) is 3.06. The molecule has 3 aromatic carbocycles. The highest BCUT2D eigenvalue weighted by molar-refractivity contribution is 5.97. The maximum absolute atomic E-state index is 13.3. The van der Waals surface area contributed by atoms with E-state index in [1.165, 1.54) is 6.07 Å². The van der Waals surface area contributed by atoms with Crippen LogP contribution in [0.2, 0.25) is 0 Å². The molecule has 0 fully saturated rings. The summed E-state index contributed by atoms with van der Waals surface area (Å²) in [5, 5.41) is 0.856. The van der Waals surface area contributed by atoms with E-state index in [0.29, 0.717) is 50.5 Å². The molecule has 186 valence electrons. The Labute approximate surface area is 210 Å². The van der Waals surface area contributed by atoms with Gasteiger partial charge in [-0.25, -0.2) is 4.79 Å². The second kappa shape index (κ2) is 9.53. The van der Waals surface area contributed by atoms with Crippen LogP contribution < -0.4 is 19.6 Å². The summed E-state index contributed by atoms with van der Waals surface area (Å²) in [6.45, 7) is 9.81. The van der Waals surface area contributed by atoms with Gasteiger partial charge in [0.15, 0.2) is 16.9 Å². The summed E-state index contributed by atoms with van der Waals surface area (Å²) in [4.78, 5) is 26.5. The first kappa shape index (κ1) is 25.0. The average molecular weight is 487 g/mol. The number of carbonyl (C=O) groups is 1. The Morgan fingerprint density at radius 3 is 1.97 bits per heavy atom. The highest BCUT2D eigenvalue weighted by Crippen LogP contribution is 2.36. The number of ether oxygens (including phenoxy) is 3. The van der Waals surface area contributed by atoms with Crippen molar-refractivity contribution >= 4 is 16.7 Å². The van der Waals surface area contributed by atoms with Gasteiger partial charge in [0.1, 0.15) is 17.3 Å². The maximum atomic E-state index is 13.3. The summed E-state index contributed by atoms with van der Waals surface area (Å²) < 4.78 is 22.4. The Bertz CT molecular complexity index is 1500. The lowest BCUT2D eigenvalue weighted by Crippen LogP contribution is -2.13. The number of fused-ring (bicyclic) bond motifs is 1. The zero-order chi connectivity index (χ0) is 26.2. The van der Waals surface area contributed by atoms with Gasteiger partial charge in [-0.15, -0.1) is 0 Å². The lowest BCUT2D eigenvalue weighted by Gasteiger charge is -2.18. The Morgan fingerprint density at radius 2 is 1.36 bits per heavy atom. The molecule has 6 nitrogen and oxygen atoms in total. The molecule has 4 aromatic rings. The number of esters is 1. The van der Waals surface area contributed by atoms with Crippen LogP contribution in [0.4, 0.5) is 0 Å². The molecule has 1 heterocycles. The molecular formula is C30H30O6.